The van der Waals surface area contributed by atoms with Gasteiger partial charge in [-0.1, -0.05) is 6.92 Å². The molecular formula is C13H21N3O2S. The van der Waals surface area contributed by atoms with Crippen molar-refractivity contribution >= 4 is 15.8 Å². The molecule has 5 nitrogen and oxygen atoms in total. The molecule has 1 aromatic rings. The van der Waals surface area contributed by atoms with E-state index in [0.29, 0.717) is 18.9 Å². The molecule has 0 atom stereocenters. The number of hydrogen-bond acceptors (Lipinski definition) is 4. The van der Waals surface area contributed by atoms with E-state index in [1.54, 1.807) is 18.3 Å². The van der Waals surface area contributed by atoms with Crippen LogP contribution in [0.25, 0.3) is 0 Å². The molecule has 1 aliphatic carbocycles. The van der Waals surface area contributed by atoms with Gasteiger partial charge in [-0.15, -0.1) is 0 Å². The van der Waals surface area contributed by atoms with Crippen molar-refractivity contribution in [3.8, 4) is 0 Å². The Labute approximate surface area is 114 Å². The van der Waals surface area contributed by atoms with Gasteiger partial charge in [0.25, 0.3) is 0 Å². The Morgan fingerprint density at radius 2 is 2.11 bits per heavy atom. The minimum absolute atomic E-state index is 0.188. The first-order valence-electron chi connectivity index (χ1n) is 6.71. The van der Waals surface area contributed by atoms with Crippen LogP contribution in [0, 0.1) is 5.41 Å². The summed E-state index contributed by atoms with van der Waals surface area (Å²) in [5, 5.41) is 2.98. The first kappa shape index (κ1) is 14.3. The summed E-state index contributed by atoms with van der Waals surface area (Å²) in [6.07, 6.45) is 4.83. The van der Waals surface area contributed by atoms with Gasteiger partial charge in [-0.2, -0.15) is 0 Å². The van der Waals surface area contributed by atoms with Crippen LogP contribution in [-0.2, 0) is 10.0 Å². The van der Waals surface area contributed by atoms with Gasteiger partial charge in [-0.25, -0.2) is 18.1 Å². The minimum Gasteiger partial charge on any atom is -0.369 e. The summed E-state index contributed by atoms with van der Waals surface area (Å²) < 4.78 is 27.4. The molecule has 0 aliphatic heterocycles. The molecule has 19 heavy (non-hydrogen) atoms. The zero-order valence-corrected chi connectivity index (χ0v) is 12.3. The molecule has 0 amide bonds. The minimum atomic E-state index is -3.49. The quantitative estimate of drug-likeness (QED) is 0.802. The number of aromatic nitrogens is 1. The molecule has 0 radical (unpaired) electrons. The maximum Gasteiger partial charge on any atom is 0.244 e. The van der Waals surface area contributed by atoms with E-state index in [1.807, 2.05) is 6.92 Å². The molecule has 1 aliphatic rings. The second-order valence-electron chi connectivity index (χ2n) is 5.06. The number of hydrogen-bond donors (Lipinski definition) is 2. The molecule has 0 bridgehead atoms. The number of rotatable bonds is 7. The monoisotopic (exact) mass is 283 g/mol. The molecule has 2 rings (SSSR count). The van der Waals surface area contributed by atoms with Gasteiger partial charge in [0.1, 0.15) is 10.7 Å². The Bertz CT molecular complexity index is 539. The third-order valence-corrected chi connectivity index (χ3v) is 5.18. The van der Waals surface area contributed by atoms with Crippen LogP contribution in [-0.4, -0.2) is 26.5 Å². The average molecular weight is 283 g/mol. The zero-order chi connectivity index (χ0) is 13.9. The van der Waals surface area contributed by atoms with Crippen LogP contribution in [0.1, 0.15) is 33.1 Å². The fourth-order valence-corrected chi connectivity index (χ4v) is 3.35. The maximum atomic E-state index is 12.3. The zero-order valence-electron chi connectivity index (χ0n) is 11.4. The van der Waals surface area contributed by atoms with E-state index in [2.05, 4.69) is 21.9 Å². The number of nitrogens with one attached hydrogen (secondary N) is 2. The lowest BCUT2D eigenvalue weighted by Crippen LogP contribution is -2.30. The van der Waals surface area contributed by atoms with Crippen molar-refractivity contribution in [1.29, 1.82) is 0 Å². The van der Waals surface area contributed by atoms with Crippen LogP contribution in [0.2, 0.25) is 0 Å². The Kier molecular flexibility index (Phi) is 4.10. The van der Waals surface area contributed by atoms with Crippen molar-refractivity contribution in [2.45, 2.75) is 38.0 Å². The molecule has 6 heteroatoms. The largest absolute Gasteiger partial charge is 0.369 e. The van der Waals surface area contributed by atoms with Crippen LogP contribution in [0.3, 0.4) is 0 Å². The number of sulfonamides is 1. The molecule has 1 heterocycles. The van der Waals surface area contributed by atoms with Gasteiger partial charge in [0.2, 0.25) is 10.0 Å². The van der Waals surface area contributed by atoms with Gasteiger partial charge in [-0.3, -0.25) is 0 Å². The van der Waals surface area contributed by atoms with Gasteiger partial charge >= 0.3 is 0 Å². The van der Waals surface area contributed by atoms with Gasteiger partial charge in [-0.05, 0) is 43.7 Å². The predicted molar refractivity (Wildman–Crippen MR) is 75.5 cm³/mol. The molecule has 0 saturated heterocycles. The number of anilines is 1. The Morgan fingerprint density at radius 3 is 2.68 bits per heavy atom. The molecule has 2 N–H and O–H groups in total. The highest BCUT2D eigenvalue weighted by Gasteiger charge is 2.41. The molecular weight excluding hydrogens is 262 g/mol. The number of pyridine rings is 1. The second kappa shape index (κ2) is 5.46. The highest BCUT2D eigenvalue weighted by Crippen LogP contribution is 2.48. The van der Waals surface area contributed by atoms with Crippen LogP contribution in [0.4, 0.5) is 5.82 Å². The Balaban J connectivity index is 2.15. The third-order valence-electron chi connectivity index (χ3n) is 3.75. The van der Waals surface area contributed by atoms with Crippen LogP contribution >= 0.6 is 0 Å². The van der Waals surface area contributed by atoms with E-state index in [9.17, 15) is 8.42 Å². The van der Waals surface area contributed by atoms with Crippen LogP contribution in [0.5, 0.6) is 0 Å². The molecule has 0 aromatic carbocycles. The van der Waals surface area contributed by atoms with E-state index in [-0.39, 0.29) is 10.3 Å². The second-order valence-corrected chi connectivity index (χ2v) is 6.79. The summed E-state index contributed by atoms with van der Waals surface area (Å²) >= 11 is 0. The van der Waals surface area contributed by atoms with Crippen molar-refractivity contribution in [3.63, 3.8) is 0 Å². The molecule has 0 spiro atoms. The lowest BCUT2D eigenvalue weighted by molar-refractivity contribution is 0.475. The SMILES string of the molecule is CCNc1ncccc1S(=O)(=O)NCC1(CC)CC1. The normalized spacial score (nSPS) is 17.2. The fourth-order valence-electron chi connectivity index (χ4n) is 2.07. The van der Waals surface area contributed by atoms with Crippen LogP contribution < -0.4 is 10.0 Å². The van der Waals surface area contributed by atoms with Crippen molar-refractivity contribution in [2.24, 2.45) is 5.41 Å². The molecule has 1 saturated carbocycles. The summed E-state index contributed by atoms with van der Waals surface area (Å²) in [7, 11) is -3.49. The molecule has 106 valence electrons. The van der Waals surface area contributed by atoms with Gasteiger partial charge in [0.15, 0.2) is 0 Å². The third kappa shape index (κ3) is 3.25. The topological polar surface area (TPSA) is 71.1 Å². The lowest BCUT2D eigenvalue weighted by Gasteiger charge is -2.15. The Hall–Kier alpha value is -1.14. The van der Waals surface area contributed by atoms with Crippen molar-refractivity contribution in [1.82, 2.24) is 9.71 Å². The van der Waals surface area contributed by atoms with Gasteiger partial charge in [0.05, 0.1) is 0 Å². The summed E-state index contributed by atoms with van der Waals surface area (Å²) in [6.45, 7) is 5.18. The van der Waals surface area contributed by atoms with Crippen molar-refractivity contribution in [3.05, 3.63) is 18.3 Å². The molecule has 0 unspecified atom stereocenters. The van der Waals surface area contributed by atoms with E-state index in [1.165, 1.54) is 0 Å². The lowest BCUT2D eigenvalue weighted by atomic mass is 10.1. The van der Waals surface area contributed by atoms with E-state index >= 15 is 0 Å². The first-order valence-corrected chi connectivity index (χ1v) is 8.20. The molecule has 1 aromatic heterocycles. The summed E-state index contributed by atoms with van der Waals surface area (Å²) in [5.74, 6) is 0.416. The fraction of sp³-hybridized carbons (Fsp3) is 0.615. The maximum absolute atomic E-state index is 12.3. The van der Waals surface area contributed by atoms with E-state index < -0.39 is 10.0 Å². The summed E-state index contributed by atoms with van der Waals surface area (Å²) in [5.41, 5.74) is 0.188. The predicted octanol–water partition coefficient (Wildman–Crippen LogP) is 1.98. The van der Waals surface area contributed by atoms with Gasteiger partial charge in [0, 0.05) is 19.3 Å². The summed E-state index contributed by atoms with van der Waals surface area (Å²) in [6, 6.07) is 3.22. The molecule has 1 fully saturated rings. The van der Waals surface area contributed by atoms with E-state index in [4.69, 9.17) is 0 Å². The highest BCUT2D eigenvalue weighted by atomic mass is 32.2. The van der Waals surface area contributed by atoms with Gasteiger partial charge < -0.3 is 5.32 Å². The highest BCUT2D eigenvalue weighted by molar-refractivity contribution is 7.89. The number of nitrogens with zero attached hydrogens (tertiary/aromatic N) is 1. The van der Waals surface area contributed by atoms with Crippen molar-refractivity contribution < 1.29 is 8.42 Å². The Morgan fingerprint density at radius 1 is 1.37 bits per heavy atom. The first-order chi connectivity index (χ1) is 9.03. The average Bonchev–Trinajstić information content (AvgIpc) is 3.18. The smallest absolute Gasteiger partial charge is 0.244 e. The van der Waals surface area contributed by atoms with E-state index in [0.717, 1.165) is 19.3 Å². The van der Waals surface area contributed by atoms with Crippen LogP contribution in [0.15, 0.2) is 23.2 Å². The summed E-state index contributed by atoms with van der Waals surface area (Å²) in [4.78, 5) is 4.31. The standard InChI is InChI=1S/C13H21N3O2S/c1-3-13(7-8-13)10-16-19(17,18)11-6-5-9-15-12(11)14-4-2/h5-6,9,16H,3-4,7-8,10H2,1-2H3,(H,14,15). The van der Waals surface area contributed by atoms with Crippen molar-refractivity contribution in [2.75, 3.05) is 18.4 Å².